The highest BCUT2D eigenvalue weighted by atomic mass is 16.5. The molecule has 0 radical (unpaired) electrons. The number of hydrogen-bond acceptors (Lipinski definition) is 3. The Balaban J connectivity index is 2.20. The Bertz CT molecular complexity index is 568. The molecular formula is C16H16O3. The summed E-state index contributed by atoms with van der Waals surface area (Å²) in [6.45, 7) is 3.35. The van der Waals surface area contributed by atoms with Gasteiger partial charge < -0.3 is 9.84 Å². The first-order valence-corrected chi connectivity index (χ1v) is 6.07. The highest BCUT2D eigenvalue weighted by Crippen LogP contribution is 2.21. The van der Waals surface area contributed by atoms with Gasteiger partial charge in [-0.3, -0.25) is 0 Å². The molecule has 0 aliphatic rings. The minimum Gasteiger partial charge on any atom is -0.423 e. The molecule has 0 saturated heterocycles. The first-order valence-electron chi connectivity index (χ1n) is 6.07. The van der Waals surface area contributed by atoms with Gasteiger partial charge in [-0.05, 0) is 43.7 Å². The molecule has 3 heteroatoms. The molecular weight excluding hydrogens is 240 g/mol. The SMILES string of the molecule is CC(C)(O)c1cccc(C(=O)Oc2ccccc2)c1. The van der Waals surface area contributed by atoms with E-state index in [1.807, 2.05) is 6.07 Å². The molecule has 19 heavy (non-hydrogen) atoms. The summed E-state index contributed by atoms with van der Waals surface area (Å²) in [7, 11) is 0. The predicted octanol–water partition coefficient (Wildman–Crippen LogP) is 3.13. The highest BCUT2D eigenvalue weighted by molar-refractivity contribution is 5.91. The number of carbonyl (C=O) groups is 1. The molecule has 0 fully saturated rings. The van der Waals surface area contributed by atoms with E-state index < -0.39 is 11.6 Å². The average molecular weight is 256 g/mol. The van der Waals surface area contributed by atoms with Crippen molar-refractivity contribution in [3.63, 3.8) is 0 Å². The van der Waals surface area contributed by atoms with Crippen molar-refractivity contribution in [3.05, 3.63) is 65.7 Å². The molecule has 0 aromatic heterocycles. The summed E-state index contributed by atoms with van der Waals surface area (Å²) in [6.07, 6.45) is 0. The van der Waals surface area contributed by atoms with Crippen LogP contribution in [0.2, 0.25) is 0 Å². The molecule has 2 rings (SSSR count). The fourth-order valence-electron chi connectivity index (χ4n) is 1.68. The molecule has 3 nitrogen and oxygen atoms in total. The summed E-state index contributed by atoms with van der Waals surface area (Å²) in [5.74, 6) is 0.0680. The average Bonchev–Trinajstić information content (AvgIpc) is 2.39. The van der Waals surface area contributed by atoms with E-state index in [1.165, 1.54) is 0 Å². The van der Waals surface area contributed by atoms with Crippen LogP contribution in [-0.4, -0.2) is 11.1 Å². The molecule has 0 spiro atoms. The zero-order valence-electron chi connectivity index (χ0n) is 11.0. The van der Waals surface area contributed by atoms with Crippen molar-refractivity contribution < 1.29 is 14.6 Å². The van der Waals surface area contributed by atoms with Crippen molar-refractivity contribution in [2.24, 2.45) is 0 Å². The van der Waals surface area contributed by atoms with Crippen molar-refractivity contribution in [3.8, 4) is 5.75 Å². The number of para-hydroxylation sites is 1. The monoisotopic (exact) mass is 256 g/mol. The molecule has 0 bridgehead atoms. The van der Waals surface area contributed by atoms with Crippen molar-refractivity contribution in [2.75, 3.05) is 0 Å². The van der Waals surface area contributed by atoms with Crippen LogP contribution in [0.3, 0.4) is 0 Å². The Labute approximate surface area is 112 Å². The lowest BCUT2D eigenvalue weighted by molar-refractivity contribution is 0.0728. The number of esters is 1. The van der Waals surface area contributed by atoms with E-state index in [-0.39, 0.29) is 0 Å². The molecule has 0 aliphatic carbocycles. The van der Waals surface area contributed by atoms with Gasteiger partial charge in [0.2, 0.25) is 0 Å². The first-order chi connectivity index (χ1) is 8.97. The second-order valence-electron chi connectivity index (χ2n) is 4.84. The summed E-state index contributed by atoms with van der Waals surface area (Å²) in [4.78, 5) is 12.0. The summed E-state index contributed by atoms with van der Waals surface area (Å²) in [6, 6.07) is 15.7. The number of carbonyl (C=O) groups excluding carboxylic acids is 1. The summed E-state index contributed by atoms with van der Waals surface area (Å²) >= 11 is 0. The van der Waals surface area contributed by atoms with E-state index >= 15 is 0 Å². The van der Waals surface area contributed by atoms with Crippen LogP contribution < -0.4 is 4.74 Å². The molecule has 0 heterocycles. The lowest BCUT2D eigenvalue weighted by Crippen LogP contribution is -2.17. The Hall–Kier alpha value is -2.13. The van der Waals surface area contributed by atoms with E-state index in [2.05, 4.69) is 0 Å². The minimum absolute atomic E-state index is 0.420. The highest BCUT2D eigenvalue weighted by Gasteiger charge is 2.18. The normalized spacial score (nSPS) is 11.1. The topological polar surface area (TPSA) is 46.5 Å². The van der Waals surface area contributed by atoms with Gasteiger partial charge in [-0.15, -0.1) is 0 Å². The van der Waals surface area contributed by atoms with Gasteiger partial charge in [0, 0.05) is 0 Å². The fourth-order valence-corrected chi connectivity index (χ4v) is 1.68. The van der Waals surface area contributed by atoms with Gasteiger partial charge >= 0.3 is 5.97 Å². The van der Waals surface area contributed by atoms with Gasteiger partial charge in [0.05, 0.1) is 11.2 Å². The maximum atomic E-state index is 12.0. The standard InChI is InChI=1S/C16H16O3/c1-16(2,18)13-8-6-7-12(11-13)15(17)19-14-9-4-3-5-10-14/h3-11,18H,1-2H3. The molecule has 0 aliphatic heterocycles. The van der Waals surface area contributed by atoms with Gasteiger partial charge in [-0.25, -0.2) is 4.79 Å². The van der Waals surface area contributed by atoms with Gasteiger partial charge in [-0.2, -0.15) is 0 Å². The third-order valence-electron chi connectivity index (χ3n) is 2.76. The van der Waals surface area contributed by atoms with Crippen LogP contribution in [0, 0.1) is 0 Å². The molecule has 0 atom stereocenters. The quantitative estimate of drug-likeness (QED) is 0.678. The second-order valence-corrected chi connectivity index (χ2v) is 4.84. The van der Waals surface area contributed by atoms with Crippen LogP contribution in [0.25, 0.3) is 0 Å². The van der Waals surface area contributed by atoms with Crippen molar-refractivity contribution in [1.82, 2.24) is 0 Å². The van der Waals surface area contributed by atoms with E-state index in [4.69, 9.17) is 4.74 Å². The van der Waals surface area contributed by atoms with Crippen molar-refractivity contribution >= 4 is 5.97 Å². The maximum Gasteiger partial charge on any atom is 0.343 e. The number of ether oxygens (including phenoxy) is 1. The Morgan fingerprint density at radius 3 is 2.37 bits per heavy atom. The predicted molar refractivity (Wildman–Crippen MR) is 73.1 cm³/mol. The largest absolute Gasteiger partial charge is 0.423 e. The van der Waals surface area contributed by atoms with E-state index in [0.29, 0.717) is 16.9 Å². The van der Waals surface area contributed by atoms with Crippen LogP contribution in [0.4, 0.5) is 0 Å². The summed E-state index contributed by atoms with van der Waals surface area (Å²) in [5, 5.41) is 9.93. The van der Waals surface area contributed by atoms with E-state index in [9.17, 15) is 9.90 Å². The van der Waals surface area contributed by atoms with Crippen LogP contribution in [0.15, 0.2) is 54.6 Å². The van der Waals surface area contributed by atoms with Gasteiger partial charge in [0.1, 0.15) is 5.75 Å². The van der Waals surface area contributed by atoms with E-state index in [0.717, 1.165) is 0 Å². The number of rotatable bonds is 3. The minimum atomic E-state index is -0.983. The first kappa shape index (κ1) is 13.3. The third kappa shape index (κ3) is 3.42. The van der Waals surface area contributed by atoms with Crippen LogP contribution >= 0.6 is 0 Å². The van der Waals surface area contributed by atoms with Crippen LogP contribution in [0.5, 0.6) is 5.75 Å². The lowest BCUT2D eigenvalue weighted by Gasteiger charge is -2.18. The van der Waals surface area contributed by atoms with Gasteiger partial charge in [0.25, 0.3) is 0 Å². The fraction of sp³-hybridized carbons (Fsp3) is 0.188. The molecule has 2 aromatic rings. The lowest BCUT2D eigenvalue weighted by atomic mass is 9.97. The molecule has 2 aromatic carbocycles. The van der Waals surface area contributed by atoms with E-state index in [1.54, 1.807) is 62.4 Å². The molecule has 0 amide bonds. The Kier molecular flexibility index (Phi) is 3.67. The number of hydrogen-bond donors (Lipinski definition) is 1. The third-order valence-corrected chi connectivity index (χ3v) is 2.76. The Morgan fingerprint density at radius 1 is 1.05 bits per heavy atom. The molecule has 0 saturated carbocycles. The van der Waals surface area contributed by atoms with Gasteiger partial charge in [0.15, 0.2) is 0 Å². The van der Waals surface area contributed by atoms with Crippen molar-refractivity contribution in [2.45, 2.75) is 19.4 Å². The molecule has 98 valence electrons. The zero-order valence-corrected chi connectivity index (χ0v) is 11.0. The maximum absolute atomic E-state index is 12.0. The van der Waals surface area contributed by atoms with Crippen LogP contribution in [0.1, 0.15) is 29.8 Å². The summed E-state index contributed by atoms with van der Waals surface area (Å²) in [5.41, 5.74) is 0.113. The smallest absolute Gasteiger partial charge is 0.343 e. The Morgan fingerprint density at radius 2 is 1.74 bits per heavy atom. The summed E-state index contributed by atoms with van der Waals surface area (Å²) < 4.78 is 5.25. The van der Waals surface area contributed by atoms with Crippen molar-refractivity contribution in [1.29, 1.82) is 0 Å². The van der Waals surface area contributed by atoms with Crippen LogP contribution in [-0.2, 0) is 5.60 Å². The molecule has 1 N–H and O–H groups in total. The van der Waals surface area contributed by atoms with Gasteiger partial charge in [-0.1, -0.05) is 30.3 Å². The zero-order chi connectivity index (χ0) is 13.9. The number of benzene rings is 2. The number of aliphatic hydroxyl groups is 1. The molecule has 0 unspecified atom stereocenters. The second kappa shape index (κ2) is 5.24.